The Morgan fingerprint density at radius 2 is 1.90 bits per heavy atom. The standard InChI is InChI=1S/C18H19N3/c19-16-6-5-14-11-21(12-15(14)9-16)8-7-13-10-20-18-4-2-1-3-17(13)18/h1-6,9-10,20H,7-8,11-12,19H2. The second-order valence-electron chi connectivity index (χ2n) is 5.85. The zero-order chi connectivity index (χ0) is 14.2. The van der Waals surface area contributed by atoms with Crippen LogP contribution in [-0.2, 0) is 19.5 Å². The molecular formula is C18H19N3. The van der Waals surface area contributed by atoms with Crippen LogP contribution in [0.15, 0.2) is 48.7 Å². The number of benzene rings is 2. The smallest absolute Gasteiger partial charge is 0.0456 e. The van der Waals surface area contributed by atoms with E-state index < -0.39 is 0 Å². The van der Waals surface area contributed by atoms with Crippen molar-refractivity contribution in [2.45, 2.75) is 19.5 Å². The molecule has 0 aliphatic carbocycles. The number of nitrogens with two attached hydrogens (primary N) is 1. The number of anilines is 1. The maximum Gasteiger partial charge on any atom is 0.0456 e. The molecule has 3 aromatic rings. The summed E-state index contributed by atoms with van der Waals surface area (Å²) in [6.07, 6.45) is 3.22. The van der Waals surface area contributed by atoms with Crippen molar-refractivity contribution in [1.29, 1.82) is 0 Å². The molecule has 0 atom stereocenters. The number of H-pyrrole nitrogens is 1. The lowest BCUT2D eigenvalue weighted by molar-refractivity contribution is 0.288. The quantitative estimate of drug-likeness (QED) is 0.721. The number of hydrogen-bond donors (Lipinski definition) is 2. The van der Waals surface area contributed by atoms with Crippen molar-refractivity contribution in [2.75, 3.05) is 12.3 Å². The van der Waals surface area contributed by atoms with Gasteiger partial charge in [0, 0.05) is 42.4 Å². The van der Waals surface area contributed by atoms with Crippen LogP contribution in [-0.4, -0.2) is 16.4 Å². The first kappa shape index (κ1) is 12.5. The van der Waals surface area contributed by atoms with E-state index in [0.29, 0.717) is 0 Å². The van der Waals surface area contributed by atoms with Gasteiger partial charge >= 0.3 is 0 Å². The minimum atomic E-state index is 0.868. The second kappa shape index (κ2) is 4.93. The summed E-state index contributed by atoms with van der Waals surface area (Å²) in [5.41, 5.74) is 12.2. The highest BCUT2D eigenvalue weighted by molar-refractivity contribution is 5.83. The molecule has 3 heteroatoms. The summed E-state index contributed by atoms with van der Waals surface area (Å²) < 4.78 is 0. The fourth-order valence-corrected chi connectivity index (χ4v) is 3.26. The lowest BCUT2D eigenvalue weighted by Crippen LogP contribution is -2.19. The van der Waals surface area contributed by atoms with E-state index in [2.05, 4.69) is 52.5 Å². The third kappa shape index (κ3) is 2.30. The van der Waals surface area contributed by atoms with Crippen LogP contribution < -0.4 is 5.73 Å². The topological polar surface area (TPSA) is 45.0 Å². The highest BCUT2D eigenvalue weighted by Crippen LogP contribution is 2.25. The maximum atomic E-state index is 5.87. The lowest BCUT2D eigenvalue weighted by atomic mass is 10.1. The van der Waals surface area contributed by atoms with E-state index in [4.69, 9.17) is 5.73 Å². The molecule has 4 rings (SSSR count). The van der Waals surface area contributed by atoms with E-state index in [0.717, 1.165) is 31.7 Å². The Morgan fingerprint density at radius 1 is 1.05 bits per heavy atom. The normalized spacial score (nSPS) is 14.7. The Kier molecular flexibility index (Phi) is 2.93. The highest BCUT2D eigenvalue weighted by Gasteiger charge is 2.18. The van der Waals surface area contributed by atoms with Crippen molar-refractivity contribution in [3.8, 4) is 0 Å². The summed E-state index contributed by atoms with van der Waals surface area (Å²) in [6, 6.07) is 14.8. The van der Waals surface area contributed by atoms with Crippen LogP contribution in [0.25, 0.3) is 10.9 Å². The number of nitrogen functional groups attached to an aromatic ring is 1. The number of aromatic nitrogens is 1. The summed E-state index contributed by atoms with van der Waals surface area (Å²) in [4.78, 5) is 5.85. The van der Waals surface area contributed by atoms with E-state index in [9.17, 15) is 0 Å². The Labute approximate surface area is 124 Å². The SMILES string of the molecule is Nc1ccc2c(c1)CN(CCc1c[nH]c3ccccc13)C2. The van der Waals surface area contributed by atoms with Gasteiger partial charge in [0.05, 0.1) is 0 Å². The Bertz CT molecular complexity index is 788. The largest absolute Gasteiger partial charge is 0.399 e. The zero-order valence-electron chi connectivity index (χ0n) is 12.0. The van der Waals surface area contributed by atoms with Gasteiger partial charge in [0.15, 0.2) is 0 Å². The molecule has 0 saturated carbocycles. The van der Waals surface area contributed by atoms with Gasteiger partial charge in [-0.2, -0.15) is 0 Å². The first-order valence-corrected chi connectivity index (χ1v) is 7.44. The Morgan fingerprint density at radius 3 is 2.86 bits per heavy atom. The van der Waals surface area contributed by atoms with Gasteiger partial charge in [-0.05, 0) is 41.3 Å². The number of aromatic amines is 1. The average molecular weight is 277 g/mol. The van der Waals surface area contributed by atoms with Gasteiger partial charge in [0.2, 0.25) is 0 Å². The molecule has 0 fully saturated rings. The van der Waals surface area contributed by atoms with Crippen LogP contribution in [0, 0.1) is 0 Å². The Hall–Kier alpha value is -2.26. The molecule has 1 aliphatic heterocycles. The van der Waals surface area contributed by atoms with Gasteiger partial charge in [0.1, 0.15) is 0 Å². The minimum absolute atomic E-state index is 0.868. The van der Waals surface area contributed by atoms with Crippen molar-refractivity contribution < 1.29 is 0 Å². The van der Waals surface area contributed by atoms with Crippen molar-refractivity contribution in [3.63, 3.8) is 0 Å². The number of nitrogens with one attached hydrogen (secondary N) is 1. The van der Waals surface area contributed by atoms with Crippen molar-refractivity contribution in [1.82, 2.24) is 9.88 Å². The molecule has 1 aromatic heterocycles. The van der Waals surface area contributed by atoms with Crippen LogP contribution in [0.1, 0.15) is 16.7 Å². The fourth-order valence-electron chi connectivity index (χ4n) is 3.26. The van der Waals surface area contributed by atoms with E-state index in [1.54, 1.807) is 0 Å². The third-order valence-corrected chi connectivity index (χ3v) is 4.39. The molecule has 106 valence electrons. The van der Waals surface area contributed by atoms with E-state index in [-0.39, 0.29) is 0 Å². The van der Waals surface area contributed by atoms with Crippen LogP contribution in [0.3, 0.4) is 0 Å². The number of nitrogens with zero attached hydrogens (tertiary/aromatic N) is 1. The van der Waals surface area contributed by atoms with Gasteiger partial charge in [-0.3, -0.25) is 4.90 Å². The zero-order valence-corrected chi connectivity index (χ0v) is 12.0. The van der Waals surface area contributed by atoms with Crippen LogP contribution in [0.2, 0.25) is 0 Å². The maximum absolute atomic E-state index is 5.87. The van der Waals surface area contributed by atoms with Crippen LogP contribution >= 0.6 is 0 Å². The fraction of sp³-hybridized carbons (Fsp3) is 0.222. The summed E-state index contributed by atoms with van der Waals surface area (Å²) >= 11 is 0. The molecule has 0 spiro atoms. The summed E-state index contributed by atoms with van der Waals surface area (Å²) in [5.74, 6) is 0. The molecular weight excluding hydrogens is 258 g/mol. The molecule has 21 heavy (non-hydrogen) atoms. The first-order chi connectivity index (χ1) is 10.3. The van der Waals surface area contributed by atoms with Gasteiger partial charge < -0.3 is 10.7 Å². The number of fused-ring (bicyclic) bond motifs is 2. The molecule has 2 aromatic carbocycles. The molecule has 0 saturated heterocycles. The molecule has 0 radical (unpaired) electrons. The second-order valence-corrected chi connectivity index (χ2v) is 5.85. The first-order valence-electron chi connectivity index (χ1n) is 7.44. The summed E-state index contributed by atoms with van der Waals surface area (Å²) in [7, 11) is 0. The monoisotopic (exact) mass is 277 g/mol. The minimum Gasteiger partial charge on any atom is -0.399 e. The molecule has 0 bridgehead atoms. The third-order valence-electron chi connectivity index (χ3n) is 4.39. The number of hydrogen-bond acceptors (Lipinski definition) is 2. The van der Waals surface area contributed by atoms with E-state index in [1.807, 2.05) is 6.07 Å². The molecule has 2 heterocycles. The predicted octanol–water partition coefficient (Wildman–Crippen LogP) is 3.31. The lowest BCUT2D eigenvalue weighted by Gasteiger charge is -2.14. The van der Waals surface area contributed by atoms with Crippen LogP contribution in [0.4, 0.5) is 5.69 Å². The van der Waals surface area contributed by atoms with Crippen molar-refractivity contribution in [2.24, 2.45) is 0 Å². The van der Waals surface area contributed by atoms with Crippen molar-refractivity contribution in [3.05, 3.63) is 65.4 Å². The van der Waals surface area contributed by atoms with Gasteiger partial charge in [-0.15, -0.1) is 0 Å². The summed E-state index contributed by atoms with van der Waals surface area (Å²) in [5, 5.41) is 1.35. The summed E-state index contributed by atoms with van der Waals surface area (Å²) in [6.45, 7) is 3.14. The van der Waals surface area contributed by atoms with Gasteiger partial charge in [-0.25, -0.2) is 0 Å². The molecule has 3 nitrogen and oxygen atoms in total. The van der Waals surface area contributed by atoms with Gasteiger partial charge in [0.25, 0.3) is 0 Å². The highest BCUT2D eigenvalue weighted by atomic mass is 15.1. The Balaban J connectivity index is 1.47. The molecule has 0 amide bonds. The predicted molar refractivity (Wildman–Crippen MR) is 87.0 cm³/mol. The average Bonchev–Trinajstić information content (AvgIpc) is 3.08. The number of para-hydroxylation sites is 1. The van der Waals surface area contributed by atoms with E-state index in [1.165, 1.54) is 27.6 Å². The van der Waals surface area contributed by atoms with Crippen LogP contribution in [0.5, 0.6) is 0 Å². The number of rotatable bonds is 3. The molecule has 0 unspecified atom stereocenters. The van der Waals surface area contributed by atoms with Gasteiger partial charge in [-0.1, -0.05) is 24.3 Å². The van der Waals surface area contributed by atoms with Crippen molar-refractivity contribution >= 4 is 16.6 Å². The molecule has 3 N–H and O–H groups in total. The molecule has 1 aliphatic rings. The van der Waals surface area contributed by atoms with E-state index >= 15 is 0 Å².